The second-order valence-electron chi connectivity index (χ2n) is 5.82. The van der Waals surface area contributed by atoms with E-state index >= 15 is 0 Å². The van der Waals surface area contributed by atoms with Gasteiger partial charge in [0.1, 0.15) is 17.9 Å². The molecule has 1 aromatic heterocycles. The standard InChI is InChI=1S/C20H17ClO5/c1-12-16-7-6-15(25-11-13-4-3-5-14(21)8-13)9-18(16)26-20(23)17(12)10-19(22)24-2/h3-9H,10-11H2,1-2H3. The van der Waals surface area contributed by atoms with Gasteiger partial charge >= 0.3 is 11.6 Å². The van der Waals surface area contributed by atoms with Crippen LogP contribution in [0.3, 0.4) is 0 Å². The van der Waals surface area contributed by atoms with Crippen molar-refractivity contribution in [1.82, 2.24) is 0 Å². The zero-order valence-corrected chi connectivity index (χ0v) is 15.1. The van der Waals surface area contributed by atoms with Gasteiger partial charge in [-0.05, 0) is 42.3 Å². The van der Waals surface area contributed by atoms with Crippen molar-refractivity contribution in [3.05, 3.63) is 74.6 Å². The van der Waals surface area contributed by atoms with Crippen molar-refractivity contribution in [2.75, 3.05) is 7.11 Å². The Morgan fingerprint density at radius 2 is 2.00 bits per heavy atom. The first-order chi connectivity index (χ1) is 12.5. The minimum Gasteiger partial charge on any atom is -0.489 e. The molecule has 6 heteroatoms. The van der Waals surface area contributed by atoms with Crippen molar-refractivity contribution < 1.29 is 18.7 Å². The van der Waals surface area contributed by atoms with Crippen molar-refractivity contribution >= 4 is 28.5 Å². The molecule has 5 nitrogen and oxygen atoms in total. The van der Waals surface area contributed by atoms with E-state index in [0.717, 1.165) is 10.9 Å². The molecule has 0 aliphatic heterocycles. The lowest BCUT2D eigenvalue weighted by molar-refractivity contribution is -0.139. The highest BCUT2D eigenvalue weighted by Gasteiger charge is 2.15. The van der Waals surface area contributed by atoms with Gasteiger partial charge in [-0.3, -0.25) is 4.79 Å². The number of hydrogen-bond acceptors (Lipinski definition) is 5. The zero-order valence-electron chi connectivity index (χ0n) is 14.4. The molecule has 2 aromatic carbocycles. The van der Waals surface area contributed by atoms with Crippen molar-refractivity contribution in [3.63, 3.8) is 0 Å². The van der Waals surface area contributed by atoms with Gasteiger partial charge in [-0.25, -0.2) is 4.79 Å². The summed E-state index contributed by atoms with van der Waals surface area (Å²) in [5.41, 5.74) is 1.79. The number of halogens is 1. The first-order valence-corrected chi connectivity index (χ1v) is 8.36. The van der Waals surface area contributed by atoms with Crippen LogP contribution in [-0.2, 0) is 22.6 Å². The molecule has 3 aromatic rings. The summed E-state index contributed by atoms with van der Waals surface area (Å²) in [6, 6.07) is 12.7. The maximum atomic E-state index is 12.2. The quantitative estimate of drug-likeness (QED) is 0.499. The van der Waals surface area contributed by atoms with Crippen LogP contribution in [0, 0.1) is 6.92 Å². The van der Waals surface area contributed by atoms with Crippen molar-refractivity contribution in [1.29, 1.82) is 0 Å². The van der Waals surface area contributed by atoms with E-state index in [2.05, 4.69) is 4.74 Å². The van der Waals surface area contributed by atoms with Gasteiger partial charge in [0.15, 0.2) is 0 Å². The van der Waals surface area contributed by atoms with Crippen LogP contribution < -0.4 is 10.4 Å². The van der Waals surface area contributed by atoms with Crippen molar-refractivity contribution in [3.8, 4) is 5.75 Å². The maximum absolute atomic E-state index is 12.2. The average molecular weight is 373 g/mol. The Morgan fingerprint density at radius 3 is 2.73 bits per heavy atom. The number of carbonyl (C=O) groups excluding carboxylic acids is 1. The molecule has 0 amide bonds. The number of carbonyl (C=O) groups is 1. The predicted octanol–water partition coefficient (Wildman–Crippen LogP) is 4.05. The molecule has 0 spiro atoms. The first-order valence-electron chi connectivity index (χ1n) is 7.98. The van der Waals surface area contributed by atoms with E-state index in [1.165, 1.54) is 7.11 Å². The van der Waals surface area contributed by atoms with Crippen molar-refractivity contribution in [2.24, 2.45) is 0 Å². The van der Waals surface area contributed by atoms with E-state index in [0.29, 0.717) is 34.1 Å². The van der Waals surface area contributed by atoms with Gasteiger partial charge in [-0.15, -0.1) is 0 Å². The number of ether oxygens (including phenoxy) is 2. The predicted molar refractivity (Wildman–Crippen MR) is 98.7 cm³/mol. The highest BCUT2D eigenvalue weighted by atomic mass is 35.5. The lowest BCUT2D eigenvalue weighted by Gasteiger charge is -2.10. The number of fused-ring (bicyclic) bond motifs is 1. The molecule has 26 heavy (non-hydrogen) atoms. The Kier molecular flexibility index (Phi) is 5.28. The molecule has 0 aliphatic rings. The van der Waals surface area contributed by atoms with Gasteiger partial charge in [0.05, 0.1) is 19.1 Å². The number of aryl methyl sites for hydroxylation is 1. The van der Waals surface area contributed by atoms with Crippen molar-refractivity contribution in [2.45, 2.75) is 20.0 Å². The highest BCUT2D eigenvalue weighted by molar-refractivity contribution is 6.30. The molecule has 0 unspecified atom stereocenters. The summed E-state index contributed by atoms with van der Waals surface area (Å²) in [6.07, 6.45) is -0.117. The lowest BCUT2D eigenvalue weighted by Crippen LogP contribution is -2.16. The zero-order chi connectivity index (χ0) is 18.7. The van der Waals surface area contributed by atoms with Gasteiger partial charge in [0.2, 0.25) is 0 Å². The average Bonchev–Trinajstić information content (AvgIpc) is 2.63. The summed E-state index contributed by atoms with van der Waals surface area (Å²) in [7, 11) is 1.28. The minimum absolute atomic E-state index is 0.117. The van der Waals surface area contributed by atoms with Crippen LogP contribution in [0.15, 0.2) is 51.7 Å². The largest absolute Gasteiger partial charge is 0.489 e. The van der Waals surface area contributed by atoms with E-state index in [1.54, 1.807) is 25.1 Å². The molecule has 1 heterocycles. The van der Waals surface area contributed by atoms with E-state index in [1.807, 2.05) is 24.3 Å². The molecular weight excluding hydrogens is 356 g/mol. The highest BCUT2D eigenvalue weighted by Crippen LogP contribution is 2.25. The SMILES string of the molecule is COC(=O)Cc1c(C)c2ccc(OCc3cccc(Cl)c3)cc2oc1=O. The Labute approximate surface area is 155 Å². The summed E-state index contributed by atoms with van der Waals surface area (Å²) in [4.78, 5) is 23.7. The summed E-state index contributed by atoms with van der Waals surface area (Å²) >= 11 is 5.96. The van der Waals surface area contributed by atoms with Crippen LogP contribution in [0.4, 0.5) is 0 Å². The molecule has 0 saturated carbocycles. The maximum Gasteiger partial charge on any atom is 0.340 e. The molecule has 0 bridgehead atoms. The van der Waals surface area contributed by atoms with Gasteiger partial charge < -0.3 is 13.9 Å². The van der Waals surface area contributed by atoms with Crippen LogP contribution in [-0.4, -0.2) is 13.1 Å². The number of rotatable bonds is 5. The van der Waals surface area contributed by atoms with Crippen LogP contribution >= 0.6 is 11.6 Å². The van der Waals surface area contributed by atoms with Gasteiger partial charge in [-0.1, -0.05) is 23.7 Å². The number of methoxy groups -OCH3 is 1. The molecule has 0 radical (unpaired) electrons. The summed E-state index contributed by atoms with van der Waals surface area (Å²) in [5.74, 6) is 0.0852. The van der Waals surface area contributed by atoms with E-state index in [4.69, 9.17) is 20.8 Å². The third-order valence-electron chi connectivity index (χ3n) is 4.10. The number of hydrogen-bond donors (Lipinski definition) is 0. The lowest BCUT2D eigenvalue weighted by atomic mass is 10.0. The molecular formula is C20H17ClO5. The van der Waals surface area contributed by atoms with E-state index < -0.39 is 11.6 Å². The molecule has 3 rings (SSSR count). The molecule has 0 fully saturated rings. The molecule has 0 N–H and O–H groups in total. The Morgan fingerprint density at radius 1 is 1.19 bits per heavy atom. The van der Waals surface area contributed by atoms with Gasteiger partial charge in [0.25, 0.3) is 0 Å². The molecule has 0 atom stereocenters. The molecule has 0 aliphatic carbocycles. The third kappa shape index (κ3) is 3.89. The fourth-order valence-corrected chi connectivity index (χ4v) is 2.89. The van der Waals surface area contributed by atoms with Gasteiger partial charge in [-0.2, -0.15) is 0 Å². The Hall–Kier alpha value is -2.79. The van der Waals surface area contributed by atoms with Crippen LogP contribution in [0.25, 0.3) is 11.0 Å². The molecule has 0 saturated heterocycles. The number of benzene rings is 2. The van der Waals surface area contributed by atoms with Crippen LogP contribution in [0.2, 0.25) is 5.02 Å². The smallest absolute Gasteiger partial charge is 0.340 e. The Bertz CT molecular complexity index is 1020. The third-order valence-corrected chi connectivity index (χ3v) is 4.34. The summed E-state index contributed by atoms with van der Waals surface area (Å²) < 4.78 is 15.7. The fourth-order valence-electron chi connectivity index (χ4n) is 2.68. The second-order valence-corrected chi connectivity index (χ2v) is 6.26. The van der Waals surface area contributed by atoms with Gasteiger partial charge in [0, 0.05) is 16.5 Å². The fraction of sp³-hybridized carbons (Fsp3) is 0.200. The second kappa shape index (κ2) is 7.62. The number of esters is 1. The topological polar surface area (TPSA) is 65.7 Å². The summed E-state index contributed by atoms with van der Waals surface area (Å²) in [6.45, 7) is 2.12. The van der Waals surface area contributed by atoms with Crippen LogP contribution in [0.1, 0.15) is 16.7 Å². The van der Waals surface area contributed by atoms with Crippen LogP contribution in [0.5, 0.6) is 5.75 Å². The monoisotopic (exact) mass is 372 g/mol. The minimum atomic E-state index is -0.549. The van der Waals surface area contributed by atoms with E-state index in [9.17, 15) is 9.59 Å². The first kappa shape index (κ1) is 18.0. The normalized spacial score (nSPS) is 10.7. The summed E-state index contributed by atoms with van der Waals surface area (Å²) in [5, 5.41) is 1.39. The molecule has 134 valence electrons. The van der Waals surface area contributed by atoms with E-state index in [-0.39, 0.29) is 6.42 Å². The Balaban J connectivity index is 1.88.